The molecule has 0 aromatic rings. The zero-order chi connectivity index (χ0) is 13.8. The van der Waals surface area contributed by atoms with Crippen molar-refractivity contribution < 1.29 is 19.1 Å². The minimum Gasteiger partial charge on any atom is -0.466 e. The van der Waals surface area contributed by atoms with Crippen molar-refractivity contribution in [3.8, 4) is 6.07 Å². The quantitative estimate of drug-likeness (QED) is 0.448. The number of nitrogens with one attached hydrogen (secondary N) is 2. The molecule has 0 spiro atoms. The van der Waals surface area contributed by atoms with Crippen molar-refractivity contribution in [2.75, 3.05) is 19.7 Å². The summed E-state index contributed by atoms with van der Waals surface area (Å²) in [7, 11) is 0. The number of carbonyl (C=O) groups is 3. The van der Waals surface area contributed by atoms with Gasteiger partial charge >= 0.3 is 5.97 Å². The maximum Gasteiger partial charge on any atom is 0.306 e. The van der Waals surface area contributed by atoms with E-state index in [4.69, 9.17) is 5.26 Å². The Kier molecular flexibility index (Phi) is 8.90. The Morgan fingerprint density at radius 2 is 1.72 bits per heavy atom. The smallest absolute Gasteiger partial charge is 0.306 e. The van der Waals surface area contributed by atoms with Gasteiger partial charge in [0.1, 0.15) is 6.42 Å². The molecule has 0 radical (unpaired) electrons. The fraction of sp³-hybridized carbons (Fsp3) is 0.636. The first-order valence-corrected chi connectivity index (χ1v) is 5.66. The average molecular weight is 255 g/mol. The van der Waals surface area contributed by atoms with Crippen LogP contribution in [0.4, 0.5) is 0 Å². The van der Waals surface area contributed by atoms with E-state index in [-0.39, 0.29) is 44.2 Å². The second-order valence-electron chi connectivity index (χ2n) is 3.34. The Bertz CT molecular complexity index is 336. The highest BCUT2D eigenvalue weighted by molar-refractivity contribution is 5.81. The molecule has 7 heteroatoms. The Labute approximate surface area is 105 Å². The summed E-state index contributed by atoms with van der Waals surface area (Å²) in [6.07, 6.45) is -0.0950. The number of hydrogen-bond acceptors (Lipinski definition) is 5. The van der Waals surface area contributed by atoms with Gasteiger partial charge in [-0.15, -0.1) is 0 Å². The maximum absolute atomic E-state index is 11.2. The monoisotopic (exact) mass is 255 g/mol. The third-order valence-corrected chi connectivity index (χ3v) is 1.87. The first-order chi connectivity index (χ1) is 8.60. The van der Waals surface area contributed by atoms with Gasteiger partial charge in [0.15, 0.2) is 0 Å². The highest BCUT2D eigenvalue weighted by Crippen LogP contribution is 1.92. The summed E-state index contributed by atoms with van der Waals surface area (Å²) in [6, 6.07) is 1.71. The van der Waals surface area contributed by atoms with Gasteiger partial charge in [-0.3, -0.25) is 14.4 Å². The van der Waals surface area contributed by atoms with E-state index in [1.54, 1.807) is 13.0 Å². The van der Waals surface area contributed by atoms with Gasteiger partial charge in [0.25, 0.3) is 0 Å². The normalized spacial score (nSPS) is 9.11. The highest BCUT2D eigenvalue weighted by Gasteiger charge is 2.06. The van der Waals surface area contributed by atoms with Crippen molar-refractivity contribution in [1.29, 1.82) is 5.26 Å². The van der Waals surface area contributed by atoms with Gasteiger partial charge in [-0.25, -0.2) is 0 Å². The maximum atomic E-state index is 11.2. The zero-order valence-electron chi connectivity index (χ0n) is 10.3. The SMILES string of the molecule is CCOC(=O)CCC(=O)NCCNC(=O)CC#N. The van der Waals surface area contributed by atoms with Crippen LogP contribution >= 0.6 is 0 Å². The number of carbonyl (C=O) groups excluding carboxylic acids is 3. The molecule has 0 aliphatic heterocycles. The Morgan fingerprint density at radius 3 is 2.28 bits per heavy atom. The van der Waals surface area contributed by atoms with Crippen molar-refractivity contribution in [2.24, 2.45) is 0 Å². The lowest BCUT2D eigenvalue weighted by Gasteiger charge is -2.05. The van der Waals surface area contributed by atoms with Gasteiger partial charge in [0.05, 0.1) is 19.1 Å². The molecule has 0 aliphatic carbocycles. The topological polar surface area (TPSA) is 108 Å². The number of nitriles is 1. The predicted molar refractivity (Wildman–Crippen MR) is 62.1 cm³/mol. The molecule has 0 aliphatic rings. The van der Waals surface area contributed by atoms with E-state index >= 15 is 0 Å². The first kappa shape index (κ1) is 15.9. The molecule has 0 atom stereocenters. The molecule has 0 saturated heterocycles. The Balaban J connectivity index is 3.51. The lowest BCUT2D eigenvalue weighted by molar-refractivity contribution is -0.144. The van der Waals surface area contributed by atoms with Crippen LogP contribution in [0.25, 0.3) is 0 Å². The van der Waals surface area contributed by atoms with E-state index in [0.717, 1.165) is 0 Å². The molecule has 0 aromatic heterocycles. The molecule has 0 unspecified atom stereocenters. The van der Waals surface area contributed by atoms with Gasteiger partial charge in [-0.05, 0) is 6.92 Å². The van der Waals surface area contributed by atoms with Crippen molar-refractivity contribution in [3.63, 3.8) is 0 Å². The van der Waals surface area contributed by atoms with E-state index in [0.29, 0.717) is 6.61 Å². The second-order valence-corrected chi connectivity index (χ2v) is 3.34. The van der Waals surface area contributed by atoms with Gasteiger partial charge in [-0.2, -0.15) is 5.26 Å². The van der Waals surface area contributed by atoms with Crippen molar-refractivity contribution in [2.45, 2.75) is 26.2 Å². The number of nitrogens with zero attached hydrogens (tertiary/aromatic N) is 1. The molecular weight excluding hydrogens is 238 g/mol. The molecule has 0 saturated carbocycles. The fourth-order valence-corrected chi connectivity index (χ4v) is 1.08. The van der Waals surface area contributed by atoms with E-state index in [2.05, 4.69) is 15.4 Å². The minimum absolute atomic E-state index is 0.0421. The molecule has 0 fully saturated rings. The number of hydrogen-bond donors (Lipinski definition) is 2. The molecular formula is C11H17N3O4. The van der Waals surface area contributed by atoms with Crippen LogP contribution in [-0.4, -0.2) is 37.5 Å². The molecule has 0 heterocycles. The molecule has 0 rings (SSSR count). The molecule has 0 aromatic carbocycles. The molecule has 7 nitrogen and oxygen atoms in total. The number of amides is 2. The molecule has 2 N–H and O–H groups in total. The van der Waals surface area contributed by atoms with Crippen LogP contribution in [0.5, 0.6) is 0 Å². The van der Waals surface area contributed by atoms with E-state index in [9.17, 15) is 14.4 Å². The highest BCUT2D eigenvalue weighted by atomic mass is 16.5. The standard InChI is InChI=1S/C11H17N3O4/c1-2-18-11(17)4-3-9(15)13-7-8-14-10(16)5-6-12/h2-5,7-8H2,1H3,(H,13,15)(H,14,16). The van der Waals surface area contributed by atoms with E-state index in [1.807, 2.05) is 0 Å². The Morgan fingerprint density at radius 1 is 1.11 bits per heavy atom. The lowest BCUT2D eigenvalue weighted by Crippen LogP contribution is -2.34. The first-order valence-electron chi connectivity index (χ1n) is 5.66. The summed E-state index contributed by atoms with van der Waals surface area (Å²) in [5.41, 5.74) is 0. The summed E-state index contributed by atoms with van der Waals surface area (Å²) >= 11 is 0. The van der Waals surface area contributed by atoms with Crippen LogP contribution in [-0.2, 0) is 19.1 Å². The largest absolute Gasteiger partial charge is 0.466 e. The summed E-state index contributed by atoms with van der Waals surface area (Å²) < 4.78 is 4.67. The summed E-state index contributed by atoms with van der Waals surface area (Å²) in [5, 5.41) is 13.2. The van der Waals surface area contributed by atoms with Gasteiger partial charge in [-0.1, -0.05) is 0 Å². The van der Waals surface area contributed by atoms with Crippen LogP contribution in [0.1, 0.15) is 26.2 Å². The summed E-state index contributed by atoms with van der Waals surface area (Å²) in [5.74, 6) is -1.06. The lowest BCUT2D eigenvalue weighted by atomic mass is 10.3. The van der Waals surface area contributed by atoms with Crippen LogP contribution in [0.3, 0.4) is 0 Å². The predicted octanol–water partition coefficient (Wildman–Crippen LogP) is -0.524. The molecule has 0 bridgehead atoms. The number of esters is 1. The zero-order valence-corrected chi connectivity index (χ0v) is 10.3. The van der Waals surface area contributed by atoms with Crippen LogP contribution in [0.15, 0.2) is 0 Å². The third kappa shape index (κ3) is 9.15. The van der Waals surface area contributed by atoms with Gasteiger partial charge in [0, 0.05) is 19.5 Å². The van der Waals surface area contributed by atoms with E-state index in [1.165, 1.54) is 0 Å². The molecule has 18 heavy (non-hydrogen) atoms. The fourth-order valence-electron chi connectivity index (χ4n) is 1.08. The van der Waals surface area contributed by atoms with Crippen LogP contribution in [0.2, 0.25) is 0 Å². The second kappa shape index (κ2) is 10.1. The van der Waals surface area contributed by atoms with Gasteiger partial charge < -0.3 is 15.4 Å². The number of rotatable bonds is 8. The summed E-state index contributed by atoms with van der Waals surface area (Å²) in [4.78, 5) is 33.1. The Hall–Kier alpha value is -2.10. The summed E-state index contributed by atoms with van der Waals surface area (Å²) in [6.45, 7) is 2.51. The van der Waals surface area contributed by atoms with E-state index < -0.39 is 5.97 Å². The minimum atomic E-state index is -0.407. The number of ether oxygens (including phenoxy) is 1. The van der Waals surface area contributed by atoms with Crippen molar-refractivity contribution in [1.82, 2.24) is 10.6 Å². The van der Waals surface area contributed by atoms with Crippen LogP contribution < -0.4 is 10.6 Å². The molecule has 100 valence electrons. The van der Waals surface area contributed by atoms with Crippen molar-refractivity contribution >= 4 is 17.8 Å². The van der Waals surface area contributed by atoms with Crippen LogP contribution in [0, 0.1) is 11.3 Å². The van der Waals surface area contributed by atoms with Gasteiger partial charge in [0.2, 0.25) is 11.8 Å². The molecule has 2 amide bonds. The third-order valence-electron chi connectivity index (χ3n) is 1.87. The van der Waals surface area contributed by atoms with Crippen molar-refractivity contribution in [3.05, 3.63) is 0 Å². The average Bonchev–Trinajstić information content (AvgIpc) is 2.33.